The summed E-state index contributed by atoms with van der Waals surface area (Å²) in [5.41, 5.74) is 8.50. The molecule has 1 aliphatic heterocycles. The van der Waals surface area contributed by atoms with E-state index in [2.05, 4.69) is 15.6 Å². The van der Waals surface area contributed by atoms with E-state index in [0.29, 0.717) is 18.4 Å². The molecule has 2 heterocycles. The molecule has 3 amide bonds. The summed E-state index contributed by atoms with van der Waals surface area (Å²) < 4.78 is 0. The van der Waals surface area contributed by atoms with E-state index in [4.69, 9.17) is 5.73 Å². The van der Waals surface area contributed by atoms with E-state index in [9.17, 15) is 34.2 Å². The van der Waals surface area contributed by atoms with Crippen LogP contribution in [0.25, 0.3) is 10.9 Å². The van der Waals surface area contributed by atoms with Gasteiger partial charge >= 0.3 is 11.9 Å². The number of nitrogens with zero attached hydrogens (tertiary/aromatic N) is 1. The zero-order valence-corrected chi connectivity index (χ0v) is 22.3. The topological polar surface area (TPSA) is 195 Å². The van der Waals surface area contributed by atoms with Gasteiger partial charge in [0, 0.05) is 30.1 Å². The highest BCUT2D eigenvalue weighted by atomic mass is 16.4. The average Bonchev–Trinajstić information content (AvgIpc) is 3.60. The van der Waals surface area contributed by atoms with E-state index in [1.807, 2.05) is 24.3 Å². The first-order valence-electron chi connectivity index (χ1n) is 13.3. The summed E-state index contributed by atoms with van der Waals surface area (Å²) in [6, 6.07) is 11.5. The highest BCUT2D eigenvalue weighted by molar-refractivity contribution is 5.96. The van der Waals surface area contributed by atoms with Crippen molar-refractivity contribution in [2.75, 3.05) is 6.54 Å². The number of hydrogen-bond donors (Lipinski definition) is 6. The fourth-order valence-electron chi connectivity index (χ4n) is 5.10. The van der Waals surface area contributed by atoms with Gasteiger partial charge in [0.25, 0.3) is 0 Å². The van der Waals surface area contributed by atoms with Crippen molar-refractivity contribution in [3.8, 4) is 0 Å². The monoisotopic (exact) mass is 563 g/mol. The molecule has 4 rings (SSSR count). The molecule has 12 heteroatoms. The quantitative estimate of drug-likeness (QED) is 0.186. The van der Waals surface area contributed by atoms with Crippen LogP contribution in [-0.2, 0) is 36.8 Å². The normalized spacial score (nSPS) is 17.0. The number of aliphatic carboxylic acids is 2. The lowest BCUT2D eigenvalue weighted by molar-refractivity contribution is -0.149. The Bertz CT molecular complexity index is 1420. The zero-order chi connectivity index (χ0) is 29.5. The van der Waals surface area contributed by atoms with Gasteiger partial charge in [0.05, 0.1) is 12.5 Å². The Balaban J connectivity index is 1.49. The predicted octanol–water partition coefficient (Wildman–Crippen LogP) is 0.800. The van der Waals surface area contributed by atoms with Gasteiger partial charge in [-0.15, -0.1) is 0 Å². The zero-order valence-electron chi connectivity index (χ0n) is 22.3. The lowest BCUT2D eigenvalue weighted by Crippen LogP contribution is -2.58. The summed E-state index contributed by atoms with van der Waals surface area (Å²) in [7, 11) is 0. The molecule has 2 aromatic carbocycles. The number of carbonyl (C=O) groups is 5. The third kappa shape index (κ3) is 7.28. The fourth-order valence-corrected chi connectivity index (χ4v) is 5.10. The number of carboxylic acid groups (broad SMARTS) is 2. The molecule has 41 heavy (non-hydrogen) atoms. The maximum Gasteiger partial charge on any atom is 0.326 e. The van der Waals surface area contributed by atoms with E-state index in [1.54, 1.807) is 36.5 Å². The third-order valence-electron chi connectivity index (χ3n) is 7.18. The number of amides is 3. The first-order chi connectivity index (χ1) is 19.6. The number of fused-ring (bicyclic) bond motifs is 1. The minimum Gasteiger partial charge on any atom is -0.481 e. The van der Waals surface area contributed by atoms with Crippen LogP contribution in [0.3, 0.4) is 0 Å². The van der Waals surface area contributed by atoms with Gasteiger partial charge in [-0.2, -0.15) is 0 Å². The van der Waals surface area contributed by atoms with Gasteiger partial charge in [0.1, 0.15) is 18.1 Å². The van der Waals surface area contributed by atoms with Crippen molar-refractivity contribution in [3.63, 3.8) is 0 Å². The first-order valence-corrected chi connectivity index (χ1v) is 13.3. The summed E-state index contributed by atoms with van der Waals surface area (Å²) in [5, 5.41) is 24.9. The van der Waals surface area contributed by atoms with E-state index in [-0.39, 0.29) is 19.4 Å². The Morgan fingerprint density at radius 2 is 1.61 bits per heavy atom. The number of rotatable bonds is 12. The first kappa shape index (κ1) is 29.3. The van der Waals surface area contributed by atoms with Crippen molar-refractivity contribution >= 4 is 40.6 Å². The summed E-state index contributed by atoms with van der Waals surface area (Å²) in [4.78, 5) is 67.4. The molecule has 0 spiro atoms. The van der Waals surface area contributed by atoms with Crippen molar-refractivity contribution in [1.29, 1.82) is 0 Å². The molecule has 12 nitrogen and oxygen atoms in total. The molecule has 0 aliphatic carbocycles. The standard InChI is InChI=1S/C29H33N5O7/c30-20(14-18-16-31-21-10-5-4-9-19(18)21)26(37)32-22(15-25(35)36)27(38)33-23(13-17-7-2-1-3-8-17)28(39)34-12-6-11-24(34)29(40)41/h1-5,7-10,16,20,22-24,31H,6,11-15,30H2,(H,32,37)(H,33,38)(H,35,36)(H,40,41). The van der Waals surface area contributed by atoms with Crippen LogP contribution in [0.1, 0.15) is 30.4 Å². The van der Waals surface area contributed by atoms with Gasteiger partial charge in [-0.3, -0.25) is 19.2 Å². The molecule has 0 radical (unpaired) electrons. The molecule has 0 saturated carbocycles. The minimum absolute atomic E-state index is 0.0437. The smallest absolute Gasteiger partial charge is 0.326 e. The van der Waals surface area contributed by atoms with Crippen molar-refractivity contribution in [2.45, 2.75) is 56.3 Å². The van der Waals surface area contributed by atoms with Crippen molar-refractivity contribution < 1.29 is 34.2 Å². The highest BCUT2D eigenvalue weighted by Gasteiger charge is 2.38. The van der Waals surface area contributed by atoms with Crippen LogP contribution >= 0.6 is 0 Å². The van der Waals surface area contributed by atoms with Crippen LogP contribution in [0.15, 0.2) is 60.8 Å². The molecular formula is C29H33N5O7. The van der Waals surface area contributed by atoms with Crippen molar-refractivity contribution in [2.24, 2.45) is 5.73 Å². The Morgan fingerprint density at radius 1 is 0.927 bits per heavy atom. The molecule has 4 unspecified atom stereocenters. The lowest BCUT2D eigenvalue weighted by atomic mass is 10.0. The number of hydrogen-bond acceptors (Lipinski definition) is 6. The van der Waals surface area contributed by atoms with E-state index in [0.717, 1.165) is 16.5 Å². The molecule has 0 bridgehead atoms. The molecule has 1 fully saturated rings. The molecule has 3 aromatic rings. The molecule has 1 aliphatic rings. The van der Waals surface area contributed by atoms with E-state index >= 15 is 0 Å². The number of carboxylic acids is 2. The number of aromatic nitrogens is 1. The van der Waals surface area contributed by atoms with Gasteiger partial charge in [-0.25, -0.2) is 4.79 Å². The van der Waals surface area contributed by atoms with Crippen LogP contribution in [0.2, 0.25) is 0 Å². The van der Waals surface area contributed by atoms with Crippen LogP contribution in [0.5, 0.6) is 0 Å². The molecular weight excluding hydrogens is 530 g/mol. The van der Waals surface area contributed by atoms with Crippen molar-refractivity contribution in [1.82, 2.24) is 20.5 Å². The van der Waals surface area contributed by atoms with Gasteiger partial charge < -0.3 is 36.5 Å². The van der Waals surface area contributed by atoms with Crippen LogP contribution in [0.4, 0.5) is 0 Å². The van der Waals surface area contributed by atoms with Crippen molar-refractivity contribution in [3.05, 3.63) is 71.9 Å². The number of aromatic amines is 1. The maximum atomic E-state index is 13.5. The highest BCUT2D eigenvalue weighted by Crippen LogP contribution is 2.21. The number of nitrogens with one attached hydrogen (secondary N) is 3. The molecule has 7 N–H and O–H groups in total. The largest absolute Gasteiger partial charge is 0.481 e. The third-order valence-corrected chi connectivity index (χ3v) is 7.18. The predicted molar refractivity (Wildman–Crippen MR) is 149 cm³/mol. The summed E-state index contributed by atoms with van der Waals surface area (Å²) >= 11 is 0. The maximum absolute atomic E-state index is 13.5. The summed E-state index contributed by atoms with van der Waals surface area (Å²) in [6.07, 6.45) is 1.96. The fraction of sp³-hybridized carbons (Fsp3) is 0.345. The lowest BCUT2D eigenvalue weighted by Gasteiger charge is -2.29. The Kier molecular flexibility index (Phi) is 9.35. The molecule has 1 aromatic heterocycles. The summed E-state index contributed by atoms with van der Waals surface area (Å²) in [6.45, 7) is 0.217. The van der Waals surface area contributed by atoms with E-state index in [1.165, 1.54) is 4.90 Å². The number of para-hydroxylation sites is 1. The number of carbonyl (C=O) groups excluding carboxylic acids is 3. The van der Waals surface area contributed by atoms with Gasteiger partial charge in [0.2, 0.25) is 17.7 Å². The number of benzene rings is 2. The molecule has 1 saturated heterocycles. The second-order valence-electron chi connectivity index (χ2n) is 10.1. The number of nitrogens with two attached hydrogens (primary N) is 1. The Labute approximate surface area is 235 Å². The van der Waals surface area contributed by atoms with Gasteiger partial charge in [0.15, 0.2) is 0 Å². The van der Waals surface area contributed by atoms with Crippen LogP contribution < -0.4 is 16.4 Å². The second kappa shape index (κ2) is 13.1. The summed E-state index contributed by atoms with van der Waals surface area (Å²) in [5.74, 6) is -4.69. The minimum atomic E-state index is -1.52. The molecule has 216 valence electrons. The number of likely N-dealkylation sites (tertiary alicyclic amines) is 1. The average molecular weight is 564 g/mol. The van der Waals surface area contributed by atoms with Crippen LogP contribution in [-0.4, -0.2) is 80.5 Å². The Hall–Kier alpha value is -4.71. The number of H-pyrrole nitrogens is 1. The Morgan fingerprint density at radius 3 is 2.32 bits per heavy atom. The van der Waals surface area contributed by atoms with E-state index < -0.39 is 60.2 Å². The van der Waals surface area contributed by atoms with Crippen LogP contribution in [0, 0.1) is 0 Å². The van der Waals surface area contributed by atoms with Gasteiger partial charge in [-0.1, -0.05) is 48.5 Å². The van der Waals surface area contributed by atoms with Gasteiger partial charge in [-0.05, 0) is 36.5 Å². The second-order valence-corrected chi connectivity index (χ2v) is 10.1. The molecule has 4 atom stereocenters. The SMILES string of the molecule is NC(Cc1c[nH]c2ccccc12)C(=O)NC(CC(=O)O)C(=O)NC(Cc1ccccc1)C(=O)N1CCCC1C(=O)O.